The van der Waals surface area contributed by atoms with Crippen molar-refractivity contribution in [2.45, 2.75) is 42.8 Å². The lowest BCUT2D eigenvalue weighted by atomic mass is 9.64. The second-order valence-corrected chi connectivity index (χ2v) is 12.5. The Morgan fingerprint density at radius 1 is 1.08 bits per heavy atom. The number of H-pyrrole nitrogens is 1. The number of rotatable bonds is 13. The van der Waals surface area contributed by atoms with Gasteiger partial charge in [-0.2, -0.15) is 10.2 Å². The zero-order valence-corrected chi connectivity index (χ0v) is 27.7. The van der Waals surface area contributed by atoms with Crippen molar-refractivity contribution >= 4 is 25.6 Å². The monoisotopic (exact) mass is 685 g/mol. The smallest absolute Gasteiger partial charge is 0.280 e. The second-order valence-electron chi connectivity index (χ2n) is 11.4. The summed E-state index contributed by atoms with van der Waals surface area (Å²) >= 11 is 0. The number of hydrogen-bond donors (Lipinski definition) is 5. The Morgan fingerprint density at radius 2 is 1.69 bits per heavy atom. The summed E-state index contributed by atoms with van der Waals surface area (Å²) in [6.45, 7) is 0.175. The van der Waals surface area contributed by atoms with E-state index in [4.69, 9.17) is 29.7 Å². The van der Waals surface area contributed by atoms with Gasteiger partial charge in [0.1, 0.15) is 29.9 Å². The summed E-state index contributed by atoms with van der Waals surface area (Å²) in [4.78, 5) is 34.9. The predicted molar refractivity (Wildman–Crippen MR) is 182 cm³/mol. The molecular formula is C34H36N7O7P. The largest absolute Gasteiger partial charge is 0.497 e. The van der Waals surface area contributed by atoms with Crippen LogP contribution in [0.25, 0.3) is 11.2 Å². The maximum absolute atomic E-state index is 12.6. The molecule has 6 N–H and O–H groups in total. The normalized spacial score (nSPS) is 19.0. The van der Waals surface area contributed by atoms with Gasteiger partial charge in [-0.3, -0.25) is 14.3 Å². The van der Waals surface area contributed by atoms with Crippen molar-refractivity contribution < 1.29 is 28.7 Å². The van der Waals surface area contributed by atoms with Gasteiger partial charge in [-0.15, -0.1) is 0 Å². The number of fused-ring (bicyclic) bond motifs is 1. The molecule has 49 heavy (non-hydrogen) atoms. The third kappa shape index (κ3) is 6.60. The number of ether oxygens (including phenoxy) is 3. The number of nitrogens with one attached hydrogen (secondary N) is 2. The minimum atomic E-state index is -2.35. The lowest BCUT2D eigenvalue weighted by Gasteiger charge is -2.45. The average molecular weight is 686 g/mol. The van der Waals surface area contributed by atoms with Crippen LogP contribution in [-0.2, 0) is 14.7 Å². The minimum Gasteiger partial charge on any atom is -0.497 e. The summed E-state index contributed by atoms with van der Waals surface area (Å²) in [5.74, 6) is 1.17. The van der Waals surface area contributed by atoms with Gasteiger partial charge in [0.2, 0.25) is 5.95 Å². The van der Waals surface area contributed by atoms with Gasteiger partial charge in [-0.25, -0.2) is 10.1 Å². The van der Waals surface area contributed by atoms with Crippen molar-refractivity contribution in [3.05, 3.63) is 112 Å². The molecule has 3 heterocycles. The van der Waals surface area contributed by atoms with E-state index in [1.165, 1.54) is 6.33 Å². The molecule has 0 radical (unpaired) electrons. The van der Waals surface area contributed by atoms with Crippen LogP contribution in [0.2, 0.25) is 0 Å². The highest BCUT2D eigenvalue weighted by atomic mass is 31.2. The Morgan fingerprint density at radius 3 is 2.29 bits per heavy atom. The highest BCUT2D eigenvalue weighted by Crippen LogP contribution is 2.51. The van der Waals surface area contributed by atoms with Crippen molar-refractivity contribution in [3.63, 3.8) is 0 Å². The third-order valence-corrected chi connectivity index (χ3v) is 9.56. The molecule has 1 fully saturated rings. The number of nitrogens with two attached hydrogens (primary N) is 1. The van der Waals surface area contributed by atoms with Crippen LogP contribution < -0.4 is 25.9 Å². The number of aliphatic hydroxyl groups is 1. The zero-order valence-electron chi connectivity index (χ0n) is 26.8. The predicted octanol–water partition coefficient (Wildman–Crippen LogP) is 3.51. The number of hydrogen-bond acceptors (Lipinski definition) is 12. The zero-order chi connectivity index (χ0) is 34.5. The highest BCUT2D eigenvalue weighted by molar-refractivity contribution is 7.43. The maximum atomic E-state index is 12.6. The van der Waals surface area contributed by atoms with E-state index >= 15 is 0 Å². The van der Waals surface area contributed by atoms with E-state index in [0.29, 0.717) is 11.5 Å². The number of benzene rings is 3. The molecule has 0 bridgehead atoms. The molecule has 0 aliphatic carbocycles. The van der Waals surface area contributed by atoms with Crippen LogP contribution in [0.1, 0.15) is 35.8 Å². The van der Waals surface area contributed by atoms with E-state index in [0.717, 1.165) is 16.7 Å². The van der Waals surface area contributed by atoms with Gasteiger partial charge in [-0.1, -0.05) is 54.6 Å². The van der Waals surface area contributed by atoms with E-state index in [9.17, 15) is 14.8 Å². The van der Waals surface area contributed by atoms with Crippen molar-refractivity contribution in [2.75, 3.05) is 26.5 Å². The molecule has 2 unspecified atom stereocenters. The first-order valence-electron chi connectivity index (χ1n) is 15.5. The Balaban J connectivity index is 1.56. The summed E-state index contributed by atoms with van der Waals surface area (Å²) in [5, 5.41) is 23.9. The molecule has 0 saturated carbocycles. The van der Waals surface area contributed by atoms with Gasteiger partial charge in [0.05, 0.1) is 38.1 Å². The number of imidazole rings is 1. The fourth-order valence-electron chi connectivity index (χ4n) is 6.41. The Kier molecular flexibility index (Phi) is 10.2. The van der Waals surface area contributed by atoms with E-state index in [-0.39, 0.29) is 36.5 Å². The fourth-order valence-corrected chi connectivity index (χ4v) is 7.28. The van der Waals surface area contributed by atoms with Crippen molar-refractivity contribution in [1.29, 1.82) is 5.26 Å². The molecule has 254 valence electrons. The molecule has 5 atom stereocenters. The summed E-state index contributed by atoms with van der Waals surface area (Å²) in [7, 11) is 0.814. The Bertz CT molecular complexity index is 1920. The van der Waals surface area contributed by atoms with Crippen LogP contribution in [0.5, 0.6) is 11.5 Å². The van der Waals surface area contributed by atoms with Crippen LogP contribution in [-0.4, -0.2) is 68.6 Å². The molecule has 0 amide bonds. The SMILES string of the molecule is COc1ccc(C(c2ccccc2)(c2ccc(OC)cc2)C(OP(O)NCCC#N)[C@H]2O[C@@H](n3cnc4c(=O)[nH]c(N)nc43)C[C@@H]2O)cc1. The van der Waals surface area contributed by atoms with Crippen LogP contribution in [0, 0.1) is 11.3 Å². The summed E-state index contributed by atoms with van der Waals surface area (Å²) in [6.07, 6.45) is -2.50. The first-order chi connectivity index (χ1) is 23.8. The first kappa shape index (κ1) is 34.0. The number of nitrogen functional groups attached to an aromatic ring is 1. The van der Waals surface area contributed by atoms with Gasteiger partial charge in [0, 0.05) is 19.4 Å². The van der Waals surface area contributed by atoms with Crippen LogP contribution >= 0.6 is 8.53 Å². The molecule has 1 aliphatic rings. The van der Waals surface area contributed by atoms with Crippen LogP contribution in [0.4, 0.5) is 5.95 Å². The molecule has 6 rings (SSSR count). The highest BCUT2D eigenvalue weighted by Gasteiger charge is 2.54. The Labute approximate surface area is 283 Å². The van der Waals surface area contributed by atoms with Gasteiger partial charge in [-0.05, 0) is 41.0 Å². The standard InChI is InChI=1S/C34H36N7O7P/c1-45-24-13-9-22(10-14-24)34(21-7-4-3-5-8-21,23-11-15-25(46-2)16-12-23)30(48-49(44)38-18-6-17-35)29-26(42)19-27(47-29)41-20-37-28-31(41)39-33(36)40-32(28)43/h3-5,7-16,20,26-27,29-30,38,42,44H,6,18-19H2,1-2H3,(H3,36,39,40,43)/t26-,27+,29-,30?,49?/m0/s1. The quantitative estimate of drug-likeness (QED) is 0.0687. The van der Waals surface area contributed by atoms with Crippen LogP contribution in [0.3, 0.4) is 0 Å². The average Bonchev–Trinajstić information content (AvgIpc) is 3.72. The van der Waals surface area contributed by atoms with Gasteiger partial charge in [0.25, 0.3) is 14.1 Å². The van der Waals surface area contributed by atoms with E-state index < -0.39 is 44.0 Å². The number of aliphatic hydroxyl groups excluding tert-OH is 1. The lowest BCUT2D eigenvalue weighted by molar-refractivity contribution is -0.0865. The van der Waals surface area contributed by atoms with Crippen LogP contribution in [0.15, 0.2) is 90.0 Å². The molecular weight excluding hydrogens is 649 g/mol. The fraction of sp³-hybridized carbons (Fsp3) is 0.294. The number of anilines is 1. The molecule has 5 aromatic rings. The number of nitriles is 1. The summed E-state index contributed by atoms with van der Waals surface area (Å²) < 4.78 is 25.8. The lowest BCUT2D eigenvalue weighted by Crippen LogP contribution is -2.52. The van der Waals surface area contributed by atoms with E-state index in [2.05, 4.69) is 26.1 Å². The van der Waals surface area contributed by atoms with Gasteiger partial charge < -0.3 is 34.5 Å². The number of aromatic nitrogens is 4. The number of aromatic amines is 1. The third-order valence-electron chi connectivity index (χ3n) is 8.64. The number of methoxy groups -OCH3 is 2. The first-order valence-corrected chi connectivity index (χ1v) is 16.7. The molecule has 2 aromatic heterocycles. The van der Waals surface area contributed by atoms with E-state index in [1.807, 2.05) is 78.9 Å². The minimum absolute atomic E-state index is 0.0687. The molecule has 1 saturated heterocycles. The molecule has 15 heteroatoms. The van der Waals surface area contributed by atoms with Gasteiger partial charge >= 0.3 is 0 Å². The molecule has 3 aromatic carbocycles. The van der Waals surface area contributed by atoms with Crippen molar-refractivity contribution in [1.82, 2.24) is 24.6 Å². The molecule has 1 aliphatic heterocycles. The summed E-state index contributed by atoms with van der Waals surface area (Å²) in [6, 6.07) is 26.7. The number of nitrogens with zero attached hydrogens (tertiary/aromatic N) is 4. The maximum Gasteiger partial charge on any atom is 0.280 e. The van der Waals surface area contributed by atoms with Crippen molar-refractivity contribution in [2.24, 2.45) is 0 Å². The van der Waals surface area contributed by atoms with Gasteiger partial charge in [0.15, 0.2) is 11.2 Å². The second kappa shape index (κ2) is 14.7. The summed E-state index contributed by atoms with van der Waals surface area (Å²) in [5.41, 5.74) is 6.68. The topological polar surface area (TPSA) is 203 Å². The molecule has 14 nitrogen and oxygen atoms in total. The van der Waals surface area contributed by atoms with E-state index in [1.54, 1.807) is 18.8 Å². The molecule has 0 spiro atoms. The Hall–Kier alpha value is -4.87. The van der Waals surface area contributed by atoms with Crippen molar-refractivity contribution in [3.8, 4) is 17.6 Å².